The van der Waals surface area contributed by atoms with Gasteiger partial charge in [0, 0.05) is 5.41 Å². The molecule has 1 aliphatic carbocycles. The van der Waals surface area contributed by atoms with E-state index in [1.165, 1.54) is 33.5 Å². The van der Waals surface area contributed by atoms with Crippen LogP contribution in [-0.2, 0) is 0 Å². The number of nitrogens with zero attached hydrogens (tertiary/aromatic N) is 2. The van der Waals surface area contributed by atoms with Crippen LogP contribution in [0.15, 0.2) is 100 Å². The molecule has 3 aromatic rings. The molecule has 0 N–H and O–H groups in total. The molecule has 0 fully saturated rings. The minimum absolute atomic E-state index is 0.0640. The van der Waals surface area contributed by atoms with Crippen molar-refractivity contribution in [3.8, 4) is 11.5 Å². The number of ether oxygens (including phenoxy) is 2. The summed E-state index contributed by atoms with van der Waals surface area (Å²) in [6.45, 7) is 2.13. The van der Waals surface area contributed by atoms with E-state index in [0.717, 1.165) is 47.2 Å². The highest BCUT2D eigenvalue weighted by Crippen LogP contribution is 2.51. The monoisotopic (exact) mass is 506 g/mol. The molecular weight excluding hydrogens is 476 g/mol. The molecule has 0 amide bonds. The minimum atomic E-state index is 0.0640. The van der Waals surface area contributed by atoms with Gasteiger partial charge in [-0.3, -0.25) is 0 Å². The maximum Gasteiger partial charge on any atom is 0.174 e. The first-order valence-corrected chi connectivity index (χ1v) is 13.6. The summed E-state index contributed by atoms with van der Waals surface area (Å²) in [5, 5.41) is 3.28. The molecule has 37 heavy (non-hydrogen) atoms. The largest absolute Gasteiger partial charge is 0.497 e. The molecular formula is C32H30N2O2S. The lowest BCUT2D eigenvalue weighted by molar-refractivity contribution is 0.410. The number of hydrogen-bond acceptors (Lipinski definition) is 5. The Balaban J connectivity index is 1.49. The Kier molecular flexibility index (Phi) is 6.39. The van der Waals surface area contributed by atoms with Crippen molar-refractivity contribution in [1.82, 2.24) is 4.90 Å². The van der Waals surface area contributed by atoms with Crippen LogP contribution < -0.4 is 9.47 Å². The topological polar surface area (TPSA) is 34.1 Å². The van der Waals surface area contributed by atoms with Gasteiger partial charge in [-0.15, -0.1) is 0 Å². The van der Waals surface area contributed by atoms with Gasteiger partial charge >= 0.3 is 0 Å². The van der Waals surface area contributed by atoms with E-state index in [0.29, 0.717) is 0 Å². The maximum absolute atomic E-state index is 5.63. The van der Waals surface area contributed by atoms with Crippen molar-refractivity contribution >= 4 is 28.7 Å². The van der Waals surface area contributed by atoms with E-state index in [-0.39, 0.29) is 6.04 Å². The van der Waals surface area contributed by atoms with Crippen molar-refractivity contribution in [3.63, 3.8) is 0 Å². The van der Waals surface area contributed by atoms with E-state index in [4.69, 9.17) is 14.5 Å². The van der Waals surface area contributed by atoms with E-state index < -0.39 is 0 Å². The first-order chi connectivity index (χ1) is 18.1. The van der Waals surface area contributed by atoms with Crippen LogP contribution >= 0.6 is 11.8 Å². The molecule has 3 aliphatic rings. The Hall–Kier alpha value is -3.70. The Morgan fingerprint density at radius 3 is 2.46 bits per heavy atom. The molecule has 0 spiro atoms. The standard InChI is InChI=1S/C32H30N2O2S/c1-21-13-15-23(16-14-21)29-20-37-32-33-30-24(17-22-7-4-10-26(18-22)35-2)8-6-12-28(30)31(34(29)32)25-9-5-11-27(19-25)36-3/h4-5,7,9-11,13-20,31H,6,8,12H2,1-3H3/b24-17+/t31-/m1/s1. The third-order valence-electron chi connectivity index (χ3n) is 7.23. The highest BCUT2D eigenvalue weighted by atomic mass is 32.2. The average molecular weight is 507 g/mol. The summed E-state index contributed by atoms with van der Waals surface area (Å²) in [6.07, 6.45) is 5.42. The number of benzene rings is 3. The molecule has 186 valence electrons. The lowest BCUT2D eigenvalue weighted by atomic mass is 9.82. The summed E-state index contributed by atoms with van der Waals surface area (Å²) in [4.78, 5) is 7.73. The van der Waals surface area contributed by atoms with Gasteiger partial charge in [-0.2, -0.15) is 0 Å². The molecule has 1 atom stereocenters. The van der Waals surface area contributed by atoms with Crippen LogP contribution in [0, 0.1) is 6.92 Å². The molecule has 2 heterocycles. The van der Waals surface area contributed by atoms with Gasteiger partial charge < -0.3 is 14.4 Å². The molecule has 4 nitrogen and oxygen atoms in total. The summed E-state index contributed by atoms with van der Waals surface area (Å²) in [7, 11) is 3.44. The summed E-state index contributed by atoms with van der Waals surface area (Å²) < 4.78 is 11.1. The van der Waals surface area contributed by atoms with Crippen molar-refractivity contribution in [3.05, 3.63) is 117 Å². The van der Waals surface area contributed by atoms with Crippen molar-refractivity contribution in [2.75, 3.05) is 14.2 Å². The zero-order chi connectivity index (χ0) is 25.4. The van der Waals surface area contributed by atoms with Gasteiger partial charge in [0.1, 0.15) is 11.5 Å². The average Bonchev–Trinajstić information content (AvgIpc) is 3.36. The normalized spacial score (nSPS) is 19.8. The molecule has 0 unspecified atom stereocenters. The van der Waals surface area contributed by atoms with Crippen molar-refractivity contribution in [1.29, 1.82) is 0 Å². The predicted molar refractivity (Wildman–Crippen MR) is 154 cm³/mol. The maximum atomic E-state index is 5.63. The smallest absolute Gasteiger partial charge is 0.174 e. The first-order valence-electron chi connectivity index (χ1n) is 12.7. The van der Waals surface area contributed by atoms with E-state index in [1.54, 1.807) is 26.0 Å². The predicted octanol–water partition coefficient (Wildman–Crippen LogP) is 7.99. The highest BCUT2D eigenvalue weighted by molar-refractivity contribution is 8.16. The van der Waals surface area contributed by atoms with Crippen LogP contribution in [0.3, 0.4) is 0 Å². The van der Waals surface area contributed by atoms with E-state index >= 15 is 0 Å². The fourth-order valence-corrected chi connectivity index (χ4v) is 6.32. The van der Waals surface area contributed by atoms with E-state index in [2.05, 4.69) is 77.9 Å². The molecule has 0 radical (unpaired) electrons. The van der Waals surface area contributed by atoms with Gasteiger partial charge in [0.2, 0.25) is 0 Å². The molecule has 0 bridgehead atoms. The van der Waals surface area contributed by atoms with E-state index in [1.807, 2.05) is 18.2 Å². The highest BCUT2D eigenvalue weighted by Gasteiger charge is 2.40. The number of amidine groups is 1. The number of hydrogen-bond donors (Lipinski definition) is 0. The van der Waals surface area contributed by atoms with Crippen molar-refractivity contribution < 1.29 is 9.47 Å². The Labute approximate surface area is 223 Å². The van der Waals surface area contributed by atoms with Crippen LogP contribution in [0.25, 0.3) is 11.8 Å². The summed E-state index contributed by atoms with van der Waals surface area (Å²) >= 11 is 1.71. The number of fused-ring (bicyclic) bond motifs is 1. The number of methoxy groups -OCH3 is 2. The fraction of sp³-hybridized carbons (Fsp3) is 0.219. The second kappa shape index (κ2) is 9.98. The van der Waals surface area contributed by atoms with Crippen molar-refractivity contribution in [2.24, 2.45) is 4.99 Å². The second-order valence-electron chi connectivity index (χ2n) is 9.60. The molecule has 6 rings (SSSR count). The quantitative estimate of drug-likeness (QED) is 0.351. The number of aliphatic imine (C=N–C) groups is 1. The Morgan fingerprint density at radius 2 is 1.68 bits per heavy atom. The molecule has 5 heteroatoms. The van der Waals surface area contributed by atoms with Crippen LogP contribution in [0.5, 0.6) is 11.5 Å². The molecule has 0 saturated heterocycles. The van der Waals surface area contributed by atoms with Gasteiger partial charge in [-0.05, 0) is 84.4 Å². The van der Waals surface area contributed by atoms with E-state index in [9.17, 15) is 0 Å². The van der Waals surface area contributed by atoms with Crippen LogP contribution in [0.1, 0.15) is 47.6 Å². The number of aryl methyl sites for hydroxylation is 1. The SMILES string of the molecule is COc1cccc(/C=C2\CCCC3=C2N=C2SC=C(c4ccc(C)cc4)N2[C@@H]3c2cccc(OC)c2)c1. The van der Waals surface area contributed by atoms with Crippen molar-refractivity contribution in [2.45, 2.75) is 32.2 Å². The Morgan fingerprint density at radius 1 is 0.919 bits per heavy atom. The lowest BCUT2D eigenvalue weighted by Crippen LogP contribution is -2.34. The van der Waals surface area contributed by atoms with Gasteiger partial charge in [-0.1, -0.05) is 65.9 Å². The summed E-state index contributed by atoms with van der Waals surface area (Å²) in [5.41, 5.74) is 9.84. The zero-order valence-corrected chi connectivity index (χ0v) is 22.2. The van der Waals surface area contributed by atoms with Gasteiger partial charge in [0.25, 0.3) is 0 Å². The molecule has 0 saturated carbocycles. The zero-order valence-electron chi connectivity index (χ0n) is 21.4. The molecule has 0 aromatic heterocycles. The second-order valence-corrected chi connectivity index (χ2v) is 10.4. The van der Waals surface area contributed by atoms with Gasteiger partial charge in [0.05, 0.1) is 31.7 Å². The van der Waals surface area contributed by atoms with Crippen LogP contribution in [0.2, 0.25) is 0 Å². The fourth-order valence-electron chi connectivity index (χ4n) is 5.39. The first kappa shape index (κ1) is 23.7. The molecule has 3 aromatic carbocycles. The number of allylic oxidation sites excluding steroid dienone is 1. The lowest BCUT2D eigenvalue weighted by Gasteiger charge is -2.40. The molecule has 2 aliphatic heterocycles. The van der Waals surface area contributed by atoms with Crippen LogP contribution in [0.4, 0.5) is 0 Å². The van der Waals surface area contributed by atoms with Gasteiger partial charge in [0.15, 0.2) is 5.17 Å². The summed E-state index contributed by atoms with van der Waals surface area (Å²) in [6, 6.07) is 25.6. The summed E-state index contributed by atoms with van der Waals surface area (Å²) in [5.74, 6) is 1.74. The minimum Gasteiger partial charge on any atom is -0.497 e. The third kappa shape index (κ3) is 4.49. The van der Waals surface area contributed by atoms with Crippen LogP contribution in [-0.4, -0.2) is 24.3 Å². The third-order valence-corrected chi connectivity index (χ3v) is 8.07. The van der Waals surface area contributed by atoms with Gasteiger partial charge in [-0.25, -0.2) is 4.99 Å². The number of thioether (sulfide) groups is 1. The Bertz CT molecular complexity index is 1470. The number of rotatable bonds is 5.